The lowest BCUT2D eigenvalue weighted by atomic mass is 9.76. The van der Waals surface area contributed by atoms with Crippen LogP contribution in [0, 0.1) is 0 Å². The molecule has 0 radical (unpaired) electrons. The van der Waals surface area contributed by atoms with Gasteiger partial charge in [0.1, 0.15) is 5.54 Å². The summed E-state index contributed by atoms with van der Waals surface area (Å²) in [7, 11) is 0. The third-order valence-corrected chi connectivity index (χ3v) is 4.31. The van der Waals surface area contributed by atoms with E-state index in [1.807, 2.05) is 31.2 Å². The number of carbonyl (C=O) groups excluding carboxylic acids is 2. The number of hydrogen-bond acceptors (Lipinski definition) is 3. The predicted molar refractivity (Wildman–Crippen MR) is 77.8 cm³/mol. The third kappa shape index (κ3) is 2.21. The van der Waals surface area contributed by atoms with Gasteiger partial charge in [0.2, 0.25) is 0 Å². The molecule has 1 aromatic rings. The molecule has 5 nitrogen and oxygen atoms in total. The van der Waals surface area contributed by atoms with Crippen LogP contribution in [0.5, 0.6) is 0 Å². The second kappa shape index (κ2) is 5.48. The van der Waals surface area contributed by atoms with Gasteiger partial charge in [-0.3, -0.25) is 9.69 Å². The maximum atomic E-state index is 12.8. The molecule has 2 aliphatic rings. The van der Waals surface area contributed by atoms with E-state index in [4.69, 9.17) is 4.74 Å². The van der Waals surface area contributed by atoms with Crippen molar-refractivity contribution < 1.29 is 14.3 Å². The minimum Gasteiger partial charge on any atom is -0.380 e. The van der Waals surface area contributed by atoms with Crippen molar-refractivity contribution in [3.8, 4) is 0 Å². The molecule has 5 heteroatoms. The van der Waals surface area contributed by atoms with Gasteiger partial charge in [-0.15, -0.1) is 0 Å². The first-order valence-electron chi connectivity index (χ1n) is 7.49. The van der Waals surface area contributed by atoms with Crippen molar-refractivity contribution in [3.63, 3.8) is 0 Å². The van der Waals surface area contributed by atoms with Crippen LogP contribution in [0.15, 0.2) is 24.3 Å². The number of rotatable bonds is 4. The molecular formula is C16H20N2O3. The Bertz CT molecular complexity index is 572. The number of nitrogens with zero attached hydrogens (tertiary/aromatic N) is 1. The largest absolute Gasteiger partial charge is 0.380 e. The number of fused-ring (bicyclic) bond motifs is 2. The average molecular weight is 288 g/mol. The molecule has 3 amide bonds. The van der Waals surface area contributed by atoms with Gasteiger partial charge in [-0.1, -0.05) is 24.3 Å². The molecule has 0 aromatic heterocycles. The van der Waals surface area contributed by atoms with Gasteiger partial charge in [0, 0.05) is 6.61 Å². The standard InChI is InChI=1S/C16H20N2O3/c1-2-21-11-10-18-14(19)16(17-15(18)20)9-5-7-12-6-3-4-8-13(12)16/h3-4,6,8H,2,5,7,9-11H2,1H3,(H,17,20)/t16-/m1/s1. The number of urea groups is 1. The molecule has 3 rings (SSSR count). The van der Waals surface area contributed by atoms with E-state index in [0.717, 1.165) is 24.0 Å². The van der Waals surface area contributed by atoms with Crippen molar-refractivity contribution in [1.82, 2.24) is 10.2 Å². The van der Waals surface area contributed by atoms with Crippen molar-refractivity contribution in [2.45, 2.75) is 31.7 Å². The Hall–Kier alpha value is -1.88. The molecule has 0 bridgehead atoms. The van der Waals surface area contributed by atoms with Crippen molar-refractivity contribution >= 4 is 11.9 Å². The number of nitrogens with one attached hydrogen (secondary N) is 1. The summed E-state index contributed by atoms with van der Waals surface area (Å²) >= 11 is 0. The molecule has 112 valence electrons. The lowest BCUT2D eigenvalue weighted by Gasteiger charge is -2.33. The Morgan fingerprint density at radius 1 is 1.33 bits per heavy atom. The van der Waals surface area contributed by atoms with Gasteiger partial charge < -0.3 is 10.1 Å². The number of aryl methyl sites for hydroxylation is 1. The third-order valence-electron chi connectivity index (χ3n) is 4.31. The Morgan fingerprint density at radius 2 is 2.14 bits per heavy atom. The highest BCUT2D eigenvalue weighted by atomic mass is 16.5. The molecule has 1 spiro atoms. The van der Waals surface area contributed by atoms with E-state index in [0.29, 0.717) is 26.2 Å². The van der Waals surface area contributed by atoms with Crippen molar-refractivity contribution in [2.75, 3.05) is 19.8 Å². The molecule has 0 saturated carbocycles. The zero-order valence-electron chi connectivity index (χ0n) is 12.2. The number of benzene rings is 1. The zero-order chi connectivity index (χ0) is 14.9. The summed E-state index contributed by atoms with van der Waals surface area (Å²) in [5.41, 5.74) is 1.25. The van der Waals surface area contributed by atoms with Crippen LogP contribution < -0.4 is 5.32 Å². The molecule has 1 saturated heterocycles. The molecule has 0 unspecified atom stereocenters. The smallest absolute Gasteiger partial charge is 0.325 e. The molecule has 1 N–H and O–H groups in total. The minimum atomic E-state index is -0.863. The van der Waals surface area contributed by atoms with Gasteiger partial charge in [-0.2, -0.15) is 0 Å². The second-order valence-electron chi connectivity index (χ2n) is 5.50. The number of hydrogen-bond donors (Lipinski definition) is 1. The van der Waals surface area contributed by atoms with Crippen LogP contribution in [0.4, 0.5) is 4.79 Å². The molecule has 1 aromatic carbocycles. The number of carbonyl (C=O) groups is 2. The number of ether oxygens (including phenoxy) is 1. The fraction of sp³-hybridized carbons (Fsp3) is 0.500. The lowest BCUT2D eigenvalue weighted by Crippen LogP contribution is -2.46. The highest BCUT2D eigenvalue weighted by molar-refractivity contribution is 6.07. The van der Waals surface area contributed by atoms with Gasteiger partial charge in [0.25, 0.3) is 5.91 Å². The maximum Gasteiger partial charge on any atom is 0.325 e. The molecule has 1 aliphatic carbocycles. The van der Waals surface area contributed by atoms with Crippen LogP contribution in [0.3, 0.4) is 0 Å². The topological polar surface area (TPSA) is 58.6 Å². The molecule has 1 fully saturated rings. The van der Waals surface area contributed by atoms with Crippen LogP contribution in [0.1, 0.15) is 30.9 Å². The van der Waals surface area contributed by atoms with Crippen molar-refractivity contribution in [2.24, 2.45) is 0 Å². The van der Waals surface area contributed by atoms with E-state index in [-0.39, 0.29) is 11.9 Å². The van der Waals surface area contributed by atoms with Gasteiger partial charge in [0.05, 0.1) is 13.2 Å². The van der Waals surface area contributed by atoms with E-state index in [1.165, 1.54) is 4.90 Å². The fourth-order valence-electron chi connectivity index (χ4n) is 3.31. The van der Waals surface area contributed by atoms with Crippen LogP contribution >= 0.6 is 0 Å². The normalized spacial score (nSPS) is 24.3. The quantitative estimate of drug-likeness (QED) is 0.679. The summed E-state index contributed by atoms with van der Waals surface area (Å²) in [6.07, 6.45) is 2.53. The summed E-state index contributed by atoms with van der Waals surface area (Å²) in [6.45, 7) is 3.16. The summed E-state index contributed by atoms with van der Waals surface area (Å²) < 4.78 is 5.26. The van der Waals surface area contributed by atoms with Gasteiger partial charge in [0.15, 0.2) is 0 Å². The Balaban J connectivity index is 1.90. The second-order valence-corrected chi connectivity index (χ2v) is 5.50. The zero-order valence-corrected chi connectivity index (χ0v) is 12.2. The SMILES string of the molecule is CCOCCN1C(=O)N[C@@]2(CCCc3ccccc32)C1=O. The minimum absolute atomic E-state index is 0.139. The molecule has 21 heavy (non-hydrogen) atoms. The highest BCUT2D eigenvalue weighted by Crippen LogP contribution is 2.39. The summed E-state index contributed by atoms with van der Waals surface area (Å²) in [4.78, 5) is 26.3. The van der Waals surface area contributed by atoms with Gasteiger partial charge in [-0.25, -0.2) is 4.79 Å². The van der Waals surface area contributed by atoms with Crippen LogP contribution in [0.2, 0.25) is 0 Å². The van der Waals surface area contributed by atoms with Gasteiger partial charge >= 0.3 is 6.03 Å². The molecule has 1 heterocycles. The Kier molecular flexibility index (Phi) is 3.68. The summed E-state index contributed by atoms with van der Waals surface area (Å²) in [5, 5.41) is 2.93. The summed E-state index contributed by atoms with van der Waals surface area (Å²) in [6, 6.07) is 7.59. The first-order chi connectivity index (χ1) is 10.2. The first kappa shape index (κ1) is 14.1. The van der Waals surface area contributed by atoms with Gasteiger partial charge in [-0.05, 0) is 37.3 Å². The summed E-state index contributed by atoms with van der Waals surface area (Å²) in [5.74, 6) is -0.139. The van der Waals surface area contributed by atoms with E-state index < -0.39 is 5.54 Å². The number of amides is 3. The molecular weight excluding hydrogens is 268 g/mol. The van der Waals surface area contributed by atoms with Crippen LogP contribution in [0.25, 0.3) is 0 Å². The highest BCUT2D eigenvalue weighted by Gasteiger charge is 2.53. The van der Waals surface area contributed by atoms with Crippen LogP contribution in [-0.2, 0) is 21.5 Å². The lowest BCUT2D eigenvalue weighted by molar-refractivity contribution is -0.132. The monoisotopic (exact) mass is 288 g/mol. The van der Waals surface area contributed by atoms with E-state index in [2.05, 4.69) is 5.32 Å². The van der Waals surface area contributed by atoms with E-state index in [9.17, 15) is 9.59 Å². The molecule has 1 atom stereocenters. The predicted octanol–water partition coefficient (Wildman–Crippen LogP) is 1.81. The average Bonchev–Trinajstić information content (AvgIpc) is 2.73. The number of imide groups is 1. The first-order valence-corrected chi connectivity index (χ1v) is 7.49. The Morgan fingerprint density at radius 3 is 2.95 bits per heavy atom. The van der Waals surface area contributed by atoms with E-state index in [1.54, 1.807) is 0 Å². The van der Waals surface area contributed by atoms with E-state index >= 15 is 0 Å². The molecule has 1 aliphatic heterocycles. The maximum absolute atomic E-state index is 12.8. The fourth-order valence-corrected chi connectivity index (χ4v) is 3.31. The van der Waals surface area contributed by atoms with Crippen molar-refractivity contribution in [1.29, 1.82) is 0 Å². The Labute approximate surface area is 124 Å². The van der Waals surface area contributed by atoms with Crippen molar-refractivity contribution in [3.05, 3.63) is 35.4 Å². The van der Waals surface area contributed by atoms with Crippen LogP contribution in [-0.4, -0.2) is 36.6 Å².